The van der Waals surface area contributed by atoms with Crippen LogP contribution in [0, 0.1) is 40.4 Å². The first-order valence-electron chi connectivity index (χ1n) is 10.1. The van der Waals surface area contributed by atoms with Crippen LogP contribution in [0.1, 0.15) is 39.5 Å². The highest BCUT2D eigenvalue weighted by molar-refractivity contribution is 6.18. The van der Waals surface area contributed by atoms with E-state index in [9.17, 15) is 19.8 Å². The second kappa shape index (κ2) is 6.53. The molecule has 4 rings (SSSR count). The van der Waals surface area contributed by atoms with Crippen LogP contribution in [0.4, 0.5) is 0 Å². The van der Waals surface area contributed by atoms with Gasteiger partial charge in [-0.05, 0) is 61.0 Å². The second-order valence-electron chi connectivity index (χ2n) is 9.55. The fourth-order valence-electron chi connectivity index (χ4n) is 7.39. The third-order valence-electron chi connectivity index (χ3n) is 8.37. The number of allylic oxidation sites excluding steroid dienone is 4. The first-order chi connectivity index (χ1) is 12.8. The van der Waals surface area contributed by atoms with Gasteiger partial charge >= 0.3 is 0 Å². The largest absolute Gasteiger partial charge is 0.393 e. The van der Waals surface area contributed by atoms with E-state index in [0.717, 1.165) is 24.8 Å². The summed E-state index contributed by atoms with van der Waals surface area (Å²) in [4.78, 5) is 24.5. The molecule has 5 heteroatoms. The quantitative estimate of drug-likeness (QED) is 0.724. The average molecular weight is 393 g/mol. The first-order valence-corrected chi connectivity index (χ1v) is 10.6. The van der Waals surface area contributed by atoms with Gasteiger partial charge in [-0.25, -0.2) is 0 Å². The van der Waals surface area contributed by atoms with Gasteiger partial charge in [0.05, 0.1) is 6.10 Å². The van der Waals surface area contributed by atoms with Crippen molar-refractivity contribution in [3.63, 3.8) is 0 Å². The summed E-state index contributed by atoms with van der Waals surface area (Å²) >= 11 is 6.24. The van der Waals surface area contributed by atoms with Crippen molar-refractivity contribution < 1.29 is 19.8 Å². The molecule has 27 heavy (non-hydrogen) atoms. The summed E-state index contributed by atoms with van der Waals surface area (Å²) in [5, 5.41) is 20.8. The van der Waals surface area contributed by atoms with Gasteiger partial charge in [-0.1, -0.05) is 25.5 Å². The maximum absolute atomic E-state index is 12.6. The molecule has 2 N–H and O–H groups in total. The third kappa shape index (κ3) is 2.63. The Morgan fingerprint density at radius 1 is 1.37 bits per heavy atom. The number of ketones is 2. The number of Topliss-reactive ketones (excluding diaryl/α,β-unsaturated/α-hetero) is 1. The number of hydrogen-bond acceptors (Lipinski definition) is 4. The van der Waals surface area contributed by atoms with E-state index in [1.165, 1.54) is 0 Å². The number of carbonyl (C=O) groups is 2. The molecule has 0 bridgehead atoms. The molecule has 0 aromatic heterocycles. The first kappa shape index (κ1) is 19.4. The predicted molar refractivity (Wildman–Crippen MR) is 103 cm³/mol. The van der Waals surface area contributed by atoms with Gasteiger partial charge in [-0.3, -0.25) is 9.59 Å². The van der Waals surface area contributed by atoms with Crippen molar-refractivity contribution in [2.24, 2.45) is 40.4 Å². The Balaban J connectivity index is 1.74. The predicted octanol–water partition coefficient (Wildman–Crippen LogP) is 2.91. The van der Waals surface area contributed by atoms with E-state index in [1.54, 1.807) is 12.2 Å². The maximum atomic E-state index is 12.6. The van der Waals surface area contributed by atoms with Crippen LogP contribution in [0.5, 0.6) is 0 Å². The lowest BCUT2D eigenvalue weighted by molar-refractivity contribution is -0.142. The molecular weight excluding hydrogens is 364 g/mol. The van der Waals surface area contributed by atoms with Gasteiger partial charge in [-0.2, -0.15) is 0 Å². The van der Waals surface area contributed by atoms with Crippen LogP contribution in [-0.4, -0.2) is 40.4 Å². The van der Waals surface area contributed by atoms with Crippen LogP contribution in [-0.2, 0) is 9.59 Å². The highest BCUT2D eigenvalue weighted by Gasteiger charge is 2.64. The van der Waals surface area contributed by atoms with Gasteiger partial charge in [0, 0.05) is 23.1 Å². The molecule has 0 spiro atoms. The Bertz CT molecular complexity index is 728. The Labute approximate surface area is 165 Å². The van der Waals surface area contributed by atoms with Crippen LogP contribution >= 0.6 is 11.6 Å². The van der Waals surface area contributed by atoms with Crippen molar-refractivity contribution in [2.75, 3.05) is 12.5 Å². The van der Waals surface area contributed by atoms with Gasteiger partial charge in [0.2, 0.25) is 0 Å². The van der Waals surface area contributed by atoms with Gasteiger partial charge in [-0.15, -0.1) is 11.6 Å². The number of aliphatic hydroxyl groups is 2. The van der Waals surface area contributed by atoms with E-state index in [2.05, 4.69) is 13.8 Å². The highest BCUT2D eigenvalue weighted by Crippen LogP contribution is 2.67. The normalized spacial score (nSPS) is 48.5. The second-order valence-corrected chi connectivity index (χ2v) is 9.86. The SMILES string of the molecule is C[C@]12C[C@H](O)[C@H]3[C@@H](CCC4=CC(=O)C=C[C@@]43C)[C@@H]1C[C@@H](CCl)[C@@H]2C(=O)CO. The zero-order valence-corrected chi connectivity index (χ0v) is 16.8. The molecule has 148 valence electrons. The van der Waals surface area contributed by atoms with E-state index in [-0.39, 0.29) is 40.2 Å². The molecule has 4 nitrogen and oxygen atoms in total. The molecule has 0 heterocycles. The maximum Gasteiger partial charge on any atom is 0.178 e. The number of aliphatic hydroxyl groups excluding tert-OH is 2. The Hall–Kier alpha value is -0.970. The van der Waals surface area contributed by atoms with E-state index < -0.39 is 12.7 Å². The van der Waals surface area contributed by atoms with Crippen LogP contribution in [0.3, 0.4) is 0 Å². The molecule has 0 aromatic rings. The fraction of sp³-hybridized carbons (Fsp3) is 0.727. The minimum absolute atomic E-state index is 0.0349. The fourth-order valence-corrected chi connectivity index (χ4v) is 7.69. The molecule has 3 fully saturated rings. The van der Waals surface area contributed by atoms with Gasteiger partial charge in [0.1, 0.15) is 6.61 Å². The average Bonchev–Trinajstić information content (AvgIpc) is 2.93. The Kier molecular flexibility index (Phi) is 4.68. The zero-order chi connectivity index (χ0) is 19.6. The minimum Gasteiger partial charge on any atom is -0.393 e. The van der Waals surface area contributed by atoms with Crippen molar-refractivity contribution >= 4 is 23.2 Å². The summed E-state index contributed by atoms with van der Waals surface area (Å²) in [5.74, 6) is 0.732. The molecule has 3 saturated carbocycles. The molecule has 0 radical (unpaired) electrons. The van der Waals surface area contributed by atoms with Crippen molar-refractivity contribution in [3.8, 4) is 0 Å². The number of alkyl halides is 1. The number of carbonyl (C=O) groups excluding carboxylic acids is 2. The Morgan fingerprint density at radius 2 is 2.11 bits per heavy atom. The standard InChI is InChI=1S/C22H29ClO4/c1-21-6-5-14(25)8-13(21)3-4-15-16-7-12(10-23)19(18(27)11-24)22(16,2)9-17(26)20(15)21/h5-6,8,12,15-17,19-20,24,26H,3-4,7,9-11H2,1-2H3/t12-,15-,16-,17-,19+,20+,21-,22-/m0/s1. The van der Waals surface area contributed by atoms with Gasteiger partial charge < -0.3 is 10.2 Å². The van der Waals surface area contributed by atoms with Crippen LogP contribution in [0.15, 0.2) is 23.8 Å². The lowest BCUT2D eigenvalue weighted by Gasteiger charge is -2.58. The molecule has 0 unspecified atom stereocenters. The third-order valence-corrected chi connectivity index (χ3v) is 8.77. The molecule has 8 atom stereocenters. The number of rotatable bonds is 3. The van der Waals surface area contributed by atoms with Crippen molar-refractivity contribution in [1.82, 2.24) is 0 Å². The summed E-state index contributed by atoms with van der Waals surface area (Å²) in [5.41, 5.74) is 0.507. The number of halogens is 1. The van der Waals surface area contributed by atoms with Crippen LogP contribution in [0.25, 0.3) is 0 Å². The van der Waals surface area contributed by atoms with Crippen molar-refractivity contribution in [1.29, 1.82) is 0 Å². The molecule has 0 aromatic carbocycles. The number of hydrogen-bond donors (Lipinski definition) is 2. The molecule has 0 amide bonds. The molecular formula is C22H29ClO4. The monoisotopic (exact) mass is 392 g/mol. The Morgan fingerprint density at radius 3 is 2.78 bits per heavy atom. The molecule has 4 aliphatic rings. The lowest BCUT2D eigenvalue weighted by atomic mass is 9.46. The molecule has 4 aliphatic carbocycles. The van der Waals surface area contributed by atoms with Crippen LogP contribution < -0.4 is 0 Å². The summed E-state index contributed by atoms with van der Waals surface area (Å²) in [7, 11) is 0. The number of fused-ring (bicyclic) bond motifs is 5. The highest BCUT2D eigenvalue weighted by atomic mass is 35.5. The summed E-state index contributed by atoms with van der Waals surface area (Å²) in [6, 6.07) is 0. The lowest BCUT2D eigenvalue weighted by Crippen LogP contribution is -2.56. The van der Waals surface area contributed by atoms with Gasteiger partial charge in [0.15, 0.2) is 11.6 Å². The van der Waals surface area contributed by atoms with Crippen molar-refractivity contribution in [2.45, 2.75) is 45.6 Å². The molecule has 0 aliphatic heterocycles. The summed E-state index contributed by atoms with van der Waals surface area (Å²) < 4.78 is 0. The van der Waals surface area contributed by atoms with E-state index in [4.69, 9.17) is 11.6 Å². The smallest absolute Gasteiger partial charge is 0.178 e. The van der Waals surface area contributed by atoms with Gasteiger partial charge in [0.25, 0.3) is 0 Å². The van der Waals surface area contributed by atoms with E-state index in [1.807, 2.05) is 6.08 Å². The van der Waals surface area contributed by atoms with Crippen LogP contribution in [0.2, 0.25) is 0 Å². The minimum atomic E-state index is -0.536. The zero-order valence-electron chi connectivity index (χ0n) is 16.0. The molecule has 0 saturated heterocycles. The van der Waals surface area contributed by atoms with E-state index in [0.29, 0.717) is 24.1 Å². The summed E-state index contributed by atoms with van der Waals surface area (Å²) in [6.45, 7) is 3.81. The van der Waals surface area contributed by atoms with E-state index >= 15 is 0 Å². The summed E-state index contributed by atoms with van der Waals surface area (Å²) in [6.07, 6.45) is 8.07. The van der Waals surface area contributed by atoms with Crippen molar-refractivity contribution in [3.05, 3.63) is 23.8 Å². The topological polar surface area (TPSA) is 74.6 Å².